The smallest absolute Gasteiger partial charge is 0.350 e. The van der Waals surface area contributed by atoms with Crippen molar-refractivity contribution in [3.63, 3.8) is 0 Å². The highest BCUT2D eigenvalue weighted by molar-refractivity contribution is 7.13. The van der Waals surface area contributed by atoms with Crippen molar-refractivity contribution in [3.05, 3.63) is 38.7 Å². The molecule has 0 aliphatic heterocycles. The zero-order valence-electron chi connectivity index (χ0n) is 17.4. The van der Waals surface area contributed by atoms with E-state index in [-0.39, 0.29) is 12.0 Å². The number of furan rings is 1. The Morgan fingerprint density at radius 2 is 2.07 bits per heavy atom. The Kier molecular flexibility index (Phi) is 7.77. The van der Waals surface area contributed by atoms with Gasteiger partial charge in [0.1, 0.15) is 27.0 Å². The van der Waals surface area contributed by atoms with Crippen LogP contribution in [-0.2, 0) is 16.0 Å². The molecule has 2 N–H and O–H groups in total. The molecule has 29 heavy (non-hydrogen) atoms. The maximum atomic E-state index is 12.0. The van der Waals surface area contributed by atoms with Crippen LogP contribution < -0.4 is 10.6 Å². The number of rotatable bonds is 7. The van der Waals surface area contributed by atoms with E-state index in [2.05, 4.69) is 20.6 Å². The van der Waals surface area contributed by atoms with Gasteiger partial charge in [-0.15, -0.1) is 11.3 Å². The summed E-state index contributed by atoms with van der Waals surface area (Å²) < 4.78 is 15.4. The summed E-state index contributed by atoms with van der Waals surface area (Å²) >= 11 is 1.29. The molecule has 0 radical (unpaired) electrons. The summed E-state index contributed by atoms with van der Waals surface area (Å²) in [4.78, 5) is 32.8. The number of aliphatic imine (C=N–C) groups is 1. The van der Waals surface area contributed by atoms with E-state index in [4.69, 9.17) is 13.9 Å². The van der Waals surface area contributed by atoms with Crippen molar-refractivity contribution in [2.45, 2.75) is 40.3 Å². The highest BCUT2D eigenvalue weighted by Gasteiger charge is 2.20. The number of hydrogen-bond donors (Lipinski definition) is 2. The molecule has 0 aromatic carbocycles. The van der Waals surface area contributed by atoms with Crippen LogP contribution in [0.15, 0.2) is 15.5 Å². The molecule has 0 aliphatic rings. The molecular formula is C19H26N4O5S. The zero-order valence-corrected chi connectivity index (χ0v) is 18.2. The van der Waals surface area contributed by atoms with Gasteiger partial charge in [-0.05, 0) is 33.8 Å². The standard InChI is InChI=1S/C19H26N4O5S/c1-7-27-18(25)15-10(2)22-16(29-15)11(3)23-19(20-5)21-9-13-8-14(12(4)28-13)17(24)26-6/h8,11H,7,9H2,1-6H3,(H2,20,21,23). The first kappa shape index (κ1) is 22.4. The number of carbonyl (C=O) groups is 2. The van der Waals surface area contributed by atoms with Crippen molar-refractivity contribution in [1.82, 2.24) is 15.6 Å². The second kappa shape index (κ2) is 10.1. The zero-order chi connectivity index (χ0) is 21.6. The second-order valence-corrected chi connectivity index (χ2v) is 7.18. The van der Waals surface area contributed by atoms with Crippen LogP contribution in [0.4, 0.5) is 0 Å². The number of carbonyl (C=O) groups excluding carboxylic acids is 2. The van der Waals surface area contributed by atoms with E-state index in [0.29, 0.717) is 46.8 Å². The van der Waals surface area contributed by atoms with Crippen LogP contribution in [0.3, 0.4) is 0 Å². The summed E-state index contributed by atoms with van der Waals surface area (Å²) in [7, 11) is 2.97. The summed E-state index contributed by atoms with van der Waals surface area (Å²) in [6.45, 7) is 7.83. The van der Waals surface area contributed by atoms with E-state index in [1.54, 1.807) is 33.9 Å². The summed E-state index contributed by atoms with van der Waals surface area (Å²) in [5, 5.41) is 7.09. The van der Waals surface area contributed by atoms with Gasteiger partial charge in [0.05, 0.1) is 32.0 Å². The van der Waals surface area contributed by atoms with E-state index in [1.807, 2.05) is 6.92 Å². The molecule has 0 aliphatic carbocycles. The van der Waals surface area contributed by atoms with Gasteiger partial charge in [-0.2, -0.15) is 0 Å². The molecule has 0 saturated carbocycles. The number of ether oxygens (including phenoxy) is 2. The average Bonchev–Trinajstić information content (AvgIpc) is 3.27. The fourth-order valence-electron chi connectivity index (χ4n) is 2.56. The molecule has 2 heterocycles. The number of guanidine groups is 1. The molecule has 0 fully saturated rings. The number of hydrogen-bond acceptors (Lipinski definition) is 8. The van der Waals surface area contributed by atoms with Gasteiger partial charge < -0.3 is 24.5 Å². The van der Waals surface area contributed by atoms with Crippen molar-refractivity contribution >= 4 is 29.2 Å². The summed E-state index contributed by atoms with van der Waals surface area (Å²) in [6.07, 6.45) is 0. The van der Waals surface area contributed by atoms with Crippen LogP contribution in [-0.4, -0.2) is 43.6 Å². The lowest BCUT2D eigenvalue weighted by atomic mass is 10.2. The van der Waals surface area contributed by atoms with Gasteiger partial charge in [-0.1, -0.05) is 0 Å². The van der Waals surface area contributed by atoms with Crippen LogP contribution in [0.5, 0.6) is 0 Å². The Balaban J connectivity index is 2.01. The summed E-state index contributed by atoms with van der Waals surface area (Å²) in [5.41, 5.74) is 1.03. The van der Waals surface area contributed by atoms with Crippen molar-refractivity contribution in [2.75, 3.05) is 20.8 Å². The quantitative estimate of drug-likeness (QED) is 0.398. The van der Waals surface area contributed by atoms with Gasteiger partial charge in [0, 0.05) is 7.05 Å². The van der Waals surface area contributed by atoms with Gasteiger partial charge in [-0.3, -0.25) is 4.99 Å². The Morgan fingerprint density at radius 3 is 2.69 bits per heavy atom. The number of aryl methyl sites for hydroxylation is 2. The predicted molar refractivity (Wildman–Crippen MR) is 109 cm³/mol. The summed E-state index contributed by atoms with van der Waals surface area (Å²) in [5.74, 6) is 0.794. The number of thiazole rings is 1. The van der Waals surface area contributed by atoms with Crippen LogP contribution in [0.1, 0.15) is 62.1 Å². The fraction of sp³-hybridized carbons (Fsp3) is 0.474. The topological polar surface area (TPSA) is 115 Å². The first-order valence-electron chi connectivity index (χ1n) is 9.09. The van der Waals surface area contributed by atoms with Crippen molar-refractivity contribution in [3.8, 4) is 0 Å². The third-order valence-corrected chi connectivity index (χ3v) is 5.35. The van der Waals surface area contributed by atoms with E-state index in [1.165, 1.54) is 18.4 Å². The number of esters is 2. The SMILES string of the molecule is CCOC(=O)c1sc(C(C)NC(=NC)NCc2cc(C(=O)OC)c(C)o2)nc1C. The van der Waals surface area contributed by atoms with E-state index >= 15 is 0 Å². The van der Waals surface area contributed by atoms with Gasteiger partial charge in [-0.25, -0.2) is 14.6 Å². The third kappa shape index (κ3) is 5.57. The van der Waals surface area contributed by atoms with Gasteiger partial charge in [0.25, 0.3) is 0 Å². The molecule has 2 aromatic heterocycles. The molecular weight excluding hydrogens is 396 g/mol. The minimum Gasteiger partial charge on any atom is -0.465 e. The third-order valence-electron chi connectivity index (χ3n) is 4.03. The van der Waals surface area contributed by atoms with Crippen molar-refractivity contribution < 1.29 is 23.5 Å². The van der Waals surface area contributed by atoms with Gasteiger partial charge >= 0.3 is 11.9 Å². The van der Waals surface area contributed by atoms with Crippen molar-refractivity contribution in [1.29, 1.82) is 0 Å². The molecule has 10 heteroatoms. The molecule has 1 atom stereocenters. The lowest BCUT2D eigenvalue weighted by Crippen LogP contribution is -2.38. The van der Waals surface area contributed by atoms with E-state index in [9.17, 15) is 9.59 Å². The van der Waals surface area contributed by atoms with Gasteiger partial charge in [0.2, 0.25) is 0 Å². The fourth-order valence-corrected chi connectivity index (χ4v) is 3.53. The van der Waals surface area contributed by atoms with Crippen LogP contribution in [0.25, 0.3) is 0 Å². The first-order valence-corrected chi connectivity index (χ1v) is 9.91. The molecule has 0 bridgehead atoms. The van der Waals surface area contributed by atoms with Crippen LogP contribution in [0.2, 0.25) is 0 Å². The summed E-state index contributed by atoms with van der Waals surface area (Å²) in [6, 6.07) is 1.46. The number of nitrogens with one attached hydrogen (secondary N) is 2. The molecule has 0 saturated heterocycles. The average molecular weight is 423 g/mol. The Hall–Kier alpha value is -2.88. The van der Waals surface area contributed by atoms with Crippen LogP contribution in [0, 0.1) is 13.8 Å². The Labute approximate surface area is 173 Å². The maximum absolute atomic E-state index is 12.0. The molecule has 1 unspecified atom stereocenters. The molecule has 2 rings (SSSR count). The van der Waals surface area contributed by atoms with Gasteiger partial charge in [0.15, 0.2) is 5.96 Å². The minimum absolute atomic E-state index is 0.183. The number of aromatic nitrogens is 1. The normalized spacial score (nSPS) is 12.4. The molecule has 2 aromatic rings. The minimum atomic E-state index is -0.440. The largest absolute Gasteiger partial charge is 0.465 e. The lowest BCUT2D eigenvalue weighted by molar-refractivity contribution is 0.0529. The maximum Gasteiger partial charge on any atom is 0.350 e. The highest BCUT2D eigenvalue weighted by Crippen LogP contribution is 2.24. The lowest BCUT2D eigenvalue weighted by Gasteiger charge is -2.15. The first-order chi connectivity index (χ1) is 13.8. The molecule has 0 spiro atoms. The molecule has 9 nitrogen and oxygen atoms in total. The Morgan fingerprint density at radius 1 is 1.34 bits per heavy atom. The van der Waals surface area contributed by atoms with E-state index < -0.39 is 5.97 Å². The highest BCUT2D eigenvalue weighted by atomic mass is 32.1. The Bertz CT molecular complexity index is 903. The monoisotopic (exact) mass is 422 g/mol. The number of nitrogens with zero attached hydrogens (tertiary/aromatic N) is 2. The second-order valence-electron chi connectivity index (χ2n) is 6.15. The van der Waals surface area contributed by atoms with E-state index in [0.717, 1.165) is 5.01 Å². The number of methoxy groups -OCH3 is 1. The van der Waals surface area contributed by atoms with Crippen LogP contribution >= 0.6 is 11.3 Å². The van der Waals surface area contributed by atoms with Crippen molar-refractivity contribution in [2.24, 2.45) is 4.99 Å². The predicted octanol–water partition coefficient (Wildman–Crippen LogP) is 2.74. The molecule has 158 valence electrons. The molecule has 0 amide bonds.